The Hall–Kier alpha value is -0.950. The monoisotopic (exact) mass is 355 g/mol. The molecule has 2 aliphatic rings. The van der Waals surface area contributed by atoms with Crippen LogP contribution < -0.4 is 10.6 Å². The van der Waals surface area contributed by atoms with Crippen molar-refractivity contribution in [1.29, 1.82) is 0 Å². The summed E-state index contributed by atoms with van der Waals surface area (Å²) in [6, 6.07) is 6.95. The number of benzene rings is 1. The number of ether oxygens (including phenoxy) is 1. The predicted molar refractivity (Wildman–Crippen MR) is 95.5 cm³/mol. The first-order valence-corrected chi connectivity index (χ1v) is 9.42. The summed E-state index contributed by atoms with van der Waals surface area (Å²) >= 11 is 7.82. The van der Waals surface area contributed by atoms with Crippen molar-refractivity contribution in [2.45, 2.75) is 12.0 Å². The number of urea groups is 1. The van der Waals surface area contributed by atoms with Crippen molar-refractivity contribution in [3.63, 3.8) is 0 Å². The van der Waals surface area contributed by atoms with Gasteiger partial charge in [0.25, 0.3) is 0 Å². The van der Waals surface area contributed by atoms with Gasteiger partial charge in [-0.2, -0.15) is 11.8 Å². The van der Waals surface area contributed by atoms with E-state index in [1.54, 1.807) is 24.3 Å². The van der Waals surface area contributed by atoms with Crippen LogP contribution in [0.5, 0.6) is 0 Å². The van der Waals surface area contributed by atoms with E-state index in [1.165, 1.54) is 0 Å². The zero-order chi connectivity index (χ0) is 16.1. The third kappa shape index (κ3) is 4.32. The molecule has 5 nitrogen and oxygen atoms in total. The minimum Gasteiger partial charge on any atom is -0.379 e. The Balaban J connectivity index is 1.56. The minimum atomic E-state index is -0.170. The highest BCUT2D eigenvalue weighted by molar-refractivity contribution is 7.99. The normalized spacial score (nSPS) is 25.3. The molecule has 2 N–H and O–H groups in total. The lowest BCUT2D eigenvalue weighted by molar-refractivity contribution is -0.0123. The van der Waals surface area contributed by atoms with E-state index in [2.05, 4.69) is 15.5 Å². The van der Waals surface area contributed by atoms with Crippen LogP contribution in [0.15, 0.2) is 24.3 Å². The van der Waals surface area contributed by atoms with E-state index in [9.17, 15) is 4.79 Å². The molecule has 2 aliphatic heterocycles. The summed E-state index contributed by atoms with van der Waals surface area (Å²) in [6.45, 7) is 4.12. The van der Waals surface area contributed by atoms with Crippen LogP contribution in [0.1, 0.15) is 6.42 Å². The number of nitrogens with one attached hydrogen (secondary N) is 2. The van der Waals surface area contributed by atoms with Crippen LogP contribution >= 0.6 is 23.4 Å². The molecule has 2 heterocycles. The second-order valence-electron chi connectivity index (χ2n) is 5.94. The molecular formula is C16H22ClN3O2S. The van der Waals surface area contributed by atoms with Crippen LogP contribution in [0.4, 0.5) is 10.5 Å². The molecule has 2 amide bonds. The van der Waals surface area contributed by atoms with Crippen molar-refractivity contribution < 1.29 is 9.53 Å². The standard InChI is InChI=1S/C16H22ClN3O2S/c17-13-1-3-14(4-2-13)19-15(21)18-11-16(5-10-23-12-16)20-6-8-22-9-7-20/h1-4H,5-12H2,(H2,18,19,21). The lowest BCUT2D eigenvalue weighted by atomic mass is 9.95. The van der Waals surface area contributed by atoms with E-state index >= 15 is 0 Å². The molecule has 1 unspecified atom stereocenters. The van der Waals surface area contributed by atoms with Gasteiger partial charge in [0, 0.05) is 41.6 Å². The van der Waals surface area contributed by atoms with Gasteiger partial charge in [-0.05, 0) is 36.4 Å². The van der Waals surface area contributed by atoms with E-state index in [4.69, 9.17) is 16.3 Å². The third-order valence-corrected chi connectivity index (χ3v) is 5.93. The Morgan fingerprint density at radius 1 is 1.30 bits per heavy atom. The number of nitrogens with zero attached hydrogens (tertiary/aromatic N) is 1. The average Bonchev–Trinajstić information content (AvgIpc) is 3.06. The molecule has 1 aromatic rings. The zero-order valence-electron chi connectivity index (χ0n) is 13.0. The van der Waals surface area contributed by atoms with Gasteiger partial charge in [0.1, 0.15) is 0 Å². The highest BCUT2D eigenvalue weighted by Crippen LogP contribution is 2.33. The average molecular weight is 356 g/mol. The molecule has 2 saturated heterocycles. The summed E-state index contributed by atoms with van der Waals surface area (Å²) < 4.78 is 5.46. The number of thioether (sulfide) groups is 1. The first-order chi connectivity index (χ1) is 11.2. The van der Waals surface area contributed by atoms with Crippen molar-refractivity contribution in [2.24, 2.45) is 0 Å². The van der Waals surface area contributed by atoms with E-state index in [0.717, 1.165) is 49.9 Å². The molecule has 0 aliphatic carbocycles. The van der Waals surface area contributed by atoms with Crippen LogP contribution in [0.2, 0.25) is 5.02 Å². The topological polar surface area (TPSA) is 53.6 Å². The fourth-order valence-corrected chi connectivity index (χ4v) is 4.69. The van der Waals surface area contributed by atoms with Crippen LogP contribution in [0.25, 0.3) is 0 Å². The van der Waals surface area contributed by atoms with Gasteiger partial charge in [0.05, 0.1) is 13.2 Å². The summed E-state index contributed by atoms with van der Waals surface area (Å²) in [5.41, 5.74) is 0.805. The van der Waals surface area contributed by atoms with Gasteiger partial charge < -0.3 is 15.4 Å². The molecule has 2 fully saturated rings. The van der Waals surface area contributed by atoms with Crippen molar-refractivity contribution in [3.05, 3.63) is 29.3 Å². The molecule has 126 valence electrons. The number of amides is 2. The molecule has 0 spiro atoms. The number of morpholine rings is 1. The number of hydrogen-bond acceptors (Lipinski definition) is 4. The van der Waals surface area contributed by atoms with Gasteiger partial charge in [-0.25, -0.2) is 4.79 Å². The molecule has 23 heavy (non-hydrogen) atoms. The number of carbonyl (C=O) groups excluding carboxylic acids is 1. The Labute approximate surface area is 146 Å². The van der Waals surface area contributed by atoms with Gasteiger partial charge in [-0.3, -0.25) is 4.90 Å². The Morgan fingerprint density at radius 2 is 2.04 bits per heavy atom. The number of halogens is 1. The van der Waals surface area contributed by atoms with Crippen molar-refractivity contribution in [1.82, 2.24) is 10.2 Å². The zero-order valence-corrected chi connectivity index (χ0v) is 14.6. The van der Waals surface area contributed by atoms with E-state index in [1.807, 2.05) is 11.8 Å². The van der Waals surface area contributed by atoms with Crippen LogP contribution in [0.3, 0.4) is 0 Å². The number of anilines is 1. The maximum Gasteiger partial charge on any atom is 0.319 e. The molecule has 1 aromatic carbocycles. The Morgan fingerprint density at radius 3 is 2.70 bits per heavy atom. The van der Waals surface area contributed by atoms with E-state index in [-0.39, 0.29) is 11.6 Å². The van der Waals surface area contributed by atoms with E-state index < -0.39 is 0 Å². The molecule has 1 atom stereocenters. The molecule has 0 saturated carbocycles. The lowest BCUT2D eigenvalue weighted by Gasteiger charge is -2.43. The molecular weight excluding hydrogens is 334 g/mol. The number of rotatable bonds is 4. The fraction of sp³-hybridized carbons (Fsp3) is 0.562. The van der Waals surface area contributed by atoms with Crippen LogP contribution in [-0.4, -0.2) is 60.8 Å². The number of carbonyl (C=O) groups is 1. The minimum absolute atomic E-state index is 0.0613. The maximum atomic E-state index is 12.2. The van der Waals surface area contributed by atoms with Crippen molar-refractivity contribution >= 4 is 35.1 Å². The first kappa shape index (κ1) is 16.9. The van der Waals surface area contributed by atoms with Crippen molar-refractivity contribution in [3.8, 4) is 0 Å². The summed E-state index contributed by atoms with van der Waals surface area (Å²) in [7, 11) is 0. The highest BCUT2D eigenvalue weighted by Gasteiger charge is 2.40. The van der Waals surface area contributed by atoms with Crippen LogP contribution in [0, 0.1) is 0 Å². The van der Waals surface area contributed by atoms with E-state index in [0.29, 0.717) is 11.6 Å². The van der Waals surface area contributed by atoms with Gasteiger partial charge >= 0.3 is 6.03 Å². The predicted octanol–water partition coefficient (Wildman–Crippen LogP) is 2.67. The Kier molecular flexibility index (Phi) is 5.69. The van der Waals surface area contributed by atoms with Gasteiger partial charge in [0.15, 0.2) is 0 Å². The lowest BCUT2D eigenvalue weighted by Crippen LogP contribution is -2.59. The van der Waals surface area contributed by atoms with Gasteiger partial charge in [0.2, 0.25) is 0 Å². The van der Waals surface area contributed by atoms with Crippen LogP contribution in [-0.2, 0) is 4.74 Å². The maximum absolute atomic E-state index is 12.2. The smallest absolute Gasteiger partial charge is 0.319 e. The molecule has 0 aromatic heterocycles. The Bertz CT molecular complexity index is 529. The van der Waals surface area contributed by atoms with Crippen molar-refractivity contribution in [2.75, 3.05) is 49.7 Å². The first-order valence-electron chi connectivity index (χ1n) is 7.89. The second kappa shape index (κ2) is 7.75. The van der Waals surface area contributed by atoms with Gasteiger partial charge in [-0.15, -0.1) is 0 Å². The third-order valence-electron chi connectivity index (χ3n) is 4.44. The number of hydrogen-bond donors (Lipinski definition) is 2. The highest BCUT2D eigenvalue weighted by atomic mass is 35.5. The summed E-state index contributed by atoms with van der Waals surface area (Å²) in [5.74, 6) is 2.21. The summed E-state index contributed by atoms with van der Waals surface area (Å²) in [4.78, 5) is 14.7. The molecule has 7 heteroatoms. The fourth-order valence-electron chi connectivity index (χ4n) is 3.09. The quantitative estimate of drug-likeness (QED) is 0.871. The summed E-state index contributed by atoms with van der Waals surface area (Å²) in [6.07, 6.45) is 1.11. The molecule has 0 radical (unpaired) electrons. The molecule has 0 bridgehead atoms. The molecule has 3 rings (SSSR count). The SMILES string of the molecule is O=C(NCC1(N2CCOCC2)CCSC1)Nc1ccc(Cl)cc1. The second-order valence-corrected chi connectivity index (χ2v) is 7.48. The largest absolute Gasteiger partial charge is 0.379 e. The summed E-state index contributed by atoms with van der Waals surface area (Å²) in [5, 5.41) is 6.56. The van der Waals surface area contributed by atoms with Gasteiger partial charge in [-0.1, -0.05) is 11.6 Å².